The monoisotopic (exact) mass is 281 g/mol. The van der Waals surface area contributed by atoms with Gasteiger partial charge in [0.25, 0.3) is 5.91 Å². The standard InChI is InChI=1S/C13H16ClN3O2/c14-11-3-1-10(2-4-11)13(19)17-7-5-16(6-8-17)9-12(15)18/h1-4H,5-9H2,(H2,15,18). The number of carbonyl (C=O) groups is 2. The van der Waals surface area contributed by atoms with Gasteiger partial charge in [-0.15, -0.1) is 0 Å². The van der Waals surface area contributed by atoms with Crippen LogP contribution in [0.5, 0.6) is 0 Å². The first kappa shape index (κ1) is 13.8. The van der Waals surface area contributed by atoms with Gasteiger partial charge < -0.3 is 10.6 Å². The van der Waals surface area contributed by atoms with E-state index in [4.69, 9.17) is 17.3 Å². The van der Waals surface area contributed by atoms with Gasteiger partial charge >= 0.3 is 0 Å². The molecule has 0 atom stereocenters. The molecule has 0 bridgehead atoms. The molecular formula is C13H16ClN3O2. The van der Waals surface area contributed by atoms with Gasteiger partial charge in [0.05, 0.1) is 6.54 Å². The van der Waals surface area contributed by atoms with E-state index in [0.29, 0.717) is 36.8 Å². The molecule has 0 aliphatic carbocycles. The summed E-state index contributed by atoms with van der Waals surface area (Å²) in [6.07, 6.45) is 0. The van der Waals surface area contributed by atoms with Crippen LogP contribution in [-0.4, -0.2) is 54.3 Å². The van der Waals surface area contributed by atoms with Gasteiger partial charge in [0.15, 0.2) is 0 Å². The van der Waals surface area contributed by atoms with Crippen molar-refractivity contribution in [2.24, 2.45) is 5.73 Å². The number of primary amides is 1. The van der Waals surface area contributed by atoms with Crippen LogP contribution >= 0.6 is 11.6 Å². The van der Waals surface area contributed by atoms with Crippen molar-refractivity contribution in [1.29, 1.82) is 0 Å². The van der Waals surface area contributed by atoms with Gasteiger partial charge in [0.2, 0.25) is 5.91 Å². The number of benzene rings is 1. The molecule has 0 spiro atoms. The maximum absolute atomic E-state index is 12.2. The van der Waals surface area contributed by atoms with E-state index >= 15 is 0 Å². The zero-order chi connectivity index (χ0) is 13.8. The number of amides is 2. The second-order valence-corrected chi connectivity index (χ2v) is 4.98. The molecule has 6 heteroatoms. The Balaban J connectivity index is 1.92. The van der Waals surface area contributed by atoms with Gasteiger partial charge in [-0.2, -0.15) is 0 Å². The molecule has 1 heterocycles. The van der Waals surface area contributed by atoms with Crippen LogP contribution in [0.4, 0.5) is 0 Å². The number of hydrogen-bond acceptors (Lipinski definition) is 3. The van der Waals surface area contributed by atoms with Crippen molar-refractivity contribution in [3.05, 3.63) is 34.9 Å². The summed E-state index contributed by atoms with van der Waals surface area (Å²) in [5.41, 5.74) is 5.78. The smallest absolute Gasteiger partial charge is 0.253 e. The SMILES string of the molecule is NC(=O)CN1CCN(C(=O)c2ccc(Cl)cc2)CC1. The number of nitrogens with two attached hydrogens (primary N) is 1. The lowest BCUT2D eigenvalue weighted by atomic mass is 10.2. The third kappa shape index (κ3) is 3.68. The fraction of sp³-hybridized carbons (Fsp3) is 0.385. The van der Waals surface area contributed by atoms with Crippen molar-refractivity contribution < 1.29 is 9.59 Å². The molecular weight excluding hydrogens is 266 g/mol. The lowest BCUT2D eigenvalue weighted by molar-refractivity contribution is -0.119. The summed E-state index contributed by atoms with van der Waals surface area (Å²) in [7, 11) is 0. The van der Waals surface area contributed by atoms with E-state index in [9.17, 15) is 9.59 Å². The van der Waals surface area contributed by atoms with Crippen LogP contribution in [0.2, 0.25) is 5.02 Å². The normalized spacial score (nSPS) is 16.4. The van der Waals surface area contributed by atoms with E-state index < -0.39 is 0 Å². The Bertz CT molecular complexity index is 467. The molecule has 1 aromatic carbocycles. The summed E-state index contributed by atoms with van der Waals surface area (Å²) in [6, 6.07) is 6.86. The van der Waals surface area contributed by atoms with Gasteiger partial charge in [-0.25, -0.2) is 0 Å². The molecule has 2 N–H and O–H groups in total. The number of hydrogen-bond donors (Lipinski definition) is 1. The summed E-state index contributed by atoms with van der Waals surface area (Å²) in [4.78, 5) is 26.8. The first-order chi connectivity index (χ1) is 9.06. The van der Waals surface area contributed by atoms with Crippen molar-refractivity contribution in [1.82, 2.24) is 9.80 Å². The fourth-order valence-corrected chi connectivity index (χ4v) is 2.23. The third-order valence-electron chi connectivity index (χ3n) is 3.13. The minimum Gasteiger partial charge on any atom is -0.369 e. The second-order valence-electron chi connectivity index (χ2n) is 4.54. The van der Waals surface area contributed by atoms with Crippen molar-refractivity contribution in [3.63, 3.8) is 0 Å². The zero-order valence-corrected chi connectivity index (χ0v) is 11.3. The van der Waals surface area contributed by atoms with Crippen LogP contribution < -0.4 is 5.73 Å². The number of piperazine rings is 1. The van der Waals surface area contributed by atoms with E-state index in [1.807, 2.05) is 4.90 Å². The highest BCUT2D eigenvalue weighted by Gasteiger charge is 2.22. The first-order valence-electron chi connectivity index (χ1n) is 6.12. The highest BCUT2D eigenvalue weighted by molar-refractivity contribution is 6.30. The minimum atomic E-state index is -0.336. The van der Waals surface area contributed by atoms with E-state index in [2.05, 4.69) is 0 Å². The Morgan fingerprint density at radius 2 is 1.68 bits per heavy atom. The highest BCUT2D eigenvalue weighted by Crippen LogP contribution is 2.13. The zero-order valence-electron chi connectivity index (χ0n) is 10.5. The number of rotatable bonds is 3. The Kier molecular flexibility index (Phi) is 4.39. The summed E-state index contributed by atoms with van der Waals surface area (Å²) >= 11 is 5.79. The topological polar surface area (TPSA) is 66.6 Å². The lowest BCUT2D eigenvalue weighted by Crippen LogP contribution is -2.50. The van der Waals surface area contributed by atoms with Crippen LogP contribution in [-0.2, 0) is 4.79 Å². The Morgan fingerprint density at radius 3 is 2.21 bits per heavy atom. The van der Waals surface area contributed by atoms with Crippen LogP contribution in [0.1, 0.15) is 10.4 Å². The molecule has 0 saturated carbocycles. The average molecular weight is 282 g/mol. The molecule has 2 rings (SSSR count). The molecule has 0 unspecified atom stereocenters. The van der Waals surface area contributed by atoms with E-state index in [1.165, 1.54) is 0 Å². The summed E-state index contributed by atoms with van der Waals surface area (Å²) in [5.74, 6) is -0.340. The lowest BCUT2D eigenvalue weighted by Gasteiger charge is -2.34. The Hall–Kier alpha value is -1.59. The molecule has 1 aliphatic rings. The maximum Gasteiger partial charge on any atom is 0.253 e. The first-order valence-corrected chi connectivity index (χ1v) is 6.49. The summed E-state index contributed by atoms with van der Waals surface area (Å²) in [5, 5.41) is 0.614. The Morgan fingerprint density at radius 1 is 1.11 bits per heavy atom. The van der Waals surface area contributed by atoms with Crippen molar-refractivity contribution >= 4 is 23.4 Å². The number of halogens is 1. The van der Waals surface area contributed by atoms with Gasteiger partial charge in [0.1, 0.15) is 0 Å². The van der Waals surface area contributed by atoms with Crippen LogP contribution in [0.25, 0.3) is 0 Å². The highest BCUT2D eigenvalue weighted by atomic mass is 35.5. The van der Waals surface area contributed by atoms with E-state index in [1.54, 1.807) is 29.2 Å². The van der Waals surface area contributed by atoms with Crippen molar-refractivity contribution in [2.45, 2.75) is 0 Å². The molecule has 19 heavy (non-hydrogen) atoms. The molecule has 2 amide bonds. The Labute approximate surface area is 116 Å². The van der Waals surface area contributed by atoms with Crippen LogP contribution in [0, 0.1) is 0 Å². The molecule has 5 nitrogen and oxygen atoms in total. The molecule has 1 aromatic rings. The largest absolute Gasteiger partial charge is 0.369 e. The predicted molar refractivity (Wildman–Crippen MR) is 73.0 cm³/mol. The van der Waals surface area contributed by atoms with Crippen molar-refractivity contribution in [3.8, 4) is 0 Å². The molecule has 1 saturated heterocycles. The molecule has 1 fully saturated rings. The van der Waals surface area contributed by atoms with E-state index in [0.717, 1.165) is 0 Å². The van der Waals surface area contributed by atoms with Crippen molar-refractivity contribution in [2.75, 3.05) is 32.7 Å². The van der Waals surface area contributed by atoms with Gasteiger partial charge in [-0.1, -0.05) is 11.6 Å². The third-order valence-corrected chi connectivity index (χ3v) is 3.38. The van der Waals surface area contributed by atoms with Crippen LogP contribution in [0.3, 0.4) is 0 Å². The molecule has 0 radical (unpaired) electrons. The quantitative estimate of drug-likeness (QED) is 0.881. The minimum absolute atomic E-state index is 0.00427. The number of carbonyl (C=O) groups excluding carboxylic acids is 2. The number of nitrogens with zero attached hydrogens (tertiary/aromatic N) is 2. The van der Waals surface area contributed by atoms with Gasteiger partial charge in [0, 0.05) is 36.8 Å². The van der Waals surface area contributed by atoms with Gasteiger partial charge in [-0.3, -0.25) is 14.5 Å². The van der Waals surface area contributed by atoms with Gasteiger partial charge in [-0.05, 0) is 24.3 Å². The maximum atomic E-state index is 12.2. The molecule has 1 aliphatic heterocycles. The average Bonchev–Trinajstić information content (AvgIpc) is 2.39. The summed E-state index contributed by atoms with van der Waals surface area (Å²) < 4.78 is 0. The molecule has 102 valence electrons. The van der Waals surface area contributed by atoms with Crippen LogP contribution in [0.15, 0.2) is 24.3 Å². The van der Waals surface area contributed by atoms with E-state index in [-0.39, 0.29) is 18.4 Å². The predicted octanol–water partition coefficient (Wildman–Crippen LogP) is 0.583. The molecule has 0 aromatic heterocycles. The second kappa shape index (κ2) is 6.04. The summed E-state index contributed by atoms with van der Waals surface area (Å²) in [6.45, 7) is 2.80. The fourth-order valence-electron chi connectivity index (χ4n) is 2.10.